The minimum Gasteiger partial charge on any atom is -0.493 e. The molecular formula is C23H30BrN3O3. The highest BCUT2D eigenvalue weighted by Gasteiger charge is 2.17. The smallest absolute Gasteiger partial charge is 0.251 e. The summed E-state index contributed by atoms with van der Waals surface area (Å²) >= 11 is 3.47. The van der Waals surface area contributed by atoms with E-state index >= 15 is 0 Å². The van der Waals surface area contributed by atoms with Crippen LogP contribution in [0.25, 0.3) is 0 Å². The zero-order valence-electron chi connectivity index (χ0n) is 17.7. The number of hydrogen-bond acceptors (Lipinski definition) is 5. The van der Waals surface area contributed by atoms with Crippen molar-refractivity contribution in [3.8, 4) is 11.5 Å². The van der Waals surface area contributed by atoms with Crippen LogP contribution in [0.3, 0.4) is 0 Å². The summed E-state index contributed by atoms with van der Waals surface area (Å²) in [6.07, 6.45) is 0.923. The number of anilines is 1. The van der Waals surface area contributed by atoms with Gasteiger partial charge in [-0.2, -0.15) is 0 Å². The Morgan fingerprint density at radius 3 is 2.53 bits per heavy atom. The molecule has 1 fully saturated rings. The maximum Gasteiger partial charge on any atom is 0.251 e. The Balaban J connectivity index is 1.42. The second-order valence-electron chi connectivity index (χ2n) is 7.20. The third-order valence-electron chi connectivity index (χ3n) is 5.21. The fourth-order valence-corrected chi connectivity index (χ4v) is 4.17. The van der Waals surface area contributed by atoms with E-state index in [1.165, 1.54) is 5.69 Å². The molecule has 0 unspecified atom stereocenters. The summed E-state index contributed by atoms with van der Waals surface area (Å²) in [5, 5.41) is 3.01. The van der Waals surface area contributed by atoms with E-state index in [9.17, 15) is 4.79 Å². The van der Waals surface area contributed by atoms with E-state index in [1.54, 1.807) is 19.2 Å². The van der Waals surface area contributed by atoms with Crippen molar-refractivity contribution in [1.29, 1.82) is 0 Å². The zero-order chi connectivity index (χ0) is 21.3. The van der Waals surface area contributed by atoms with Gasteiger partial charge in [-0.15, -0.1) is 0 Å². The minimum atomic E-state index is -0.106. The second-order valence-corrected chi connectivity index (χ2v) is 8.05. The van der Waals surface area contributed by atoms with E-state index in [0.717, 1.165) is 39.1 Å². The first-order chi connectivity index (χ1) is 14.6. The Labute approximate surface area is 187 Å². The summed E-state index contributed by atoms with van der Waals surface area (Å²) in [6.45, 7) is 8.24. The largest absolute Gasteiger partial charge is 0.493 e. The molecule has 162 valence electrons. The summed E-state index contributed by atoms with van der Waals surface area (Å²) in [4.78, 5) is 17.4. The number of piperazine rings is 1. The molecule has 0 aromatic heterocycles. The zero-order valence-corrected chi connectivity index (χ0v) is 19.3. The third-order valence-corrected chi connectivity index (χ3v) is 5.80. The van der Waals surface area contributed by atoms with E-state index in [1.807, 2.05) is 6.92 Å². The lowest BCUT2D eigenvalue weighted by Gasteiger charge is -2.36. The minimum absolute atomic E-state index is 0.106. The van der Waals surface area contributed by atoms with Gasteiger partial charge in [0.1, 0.15) is 0 Å². The molecule has 1 amide bonds. The molecule has 0 bridgehead atoms. The number of nitrogens with one attached hydrogen (secondary N) is 1. The first kappa shape index (κ1) is 22.4. The topological polar surface area (TPSA) is 54.0 Å². The molecule has 0 radical (unpaired) electrons. The van der Waals surface area contributed by atoms with Crippen molar-refractivity contribution < 1.29 is 14.3 Å². The van der Waals surface area contributed by atoms with Crippen molar-refractivity contribution in [2.45, 2.75) is 13.3 Å². The number of halogens is 1. The van der Waals surface area contributed by atoms with Crippen LogP contribution >= 0.6 is 15.9 Å². The number of amides is 1. The van der Waals surface area contributed by atoms with Crippen LogP contribution in [-0.4, -0.2) is 63.8 Å². The average molecular weight is 476 g/mol. The van der Waals surface area contributed by atoms with Crippen molar-refractivity contribution in [3.05, 3.63) is 52.5 Å². The fourth-order valence-electron chi connectivity index (χ4n) is 3.61. The predicted molar refractivity (Wildman–Crippen MR) is 124 cm³/mol. The molecule has 1 aliphatic rings. The molecular weight excluding hydrogens is 446 g/mol. The van der Waals surface area contributed by atoms with Gasteiger partial charge in [-0.1, -0.05) is 18.2 Å². The highest BCUT2D eigenvalue weighted by molar-refractivity contribution is 9.10. The lowest BCUT2D eigenvalue weighted by atomic mass is 10.2. The van der Waals surface area contributed by atoms with E-state index in [0.29, 0.717) is 34.7 Å². The van der Waals surface area contributed by atoms with Crippen molar-refractivity contribution in [2.75, 3.05) is 57.9 Å². The van der Waals surface area contributed by atoms with E-state index in [-0.39, 0.29) is 5.91 Å². The standard InChI is InChI=1S/C23H30BrN3O3/c1-3-30-22-20(24)16-18(17-21(22)29-2)23(28)25-10-7-11-26-12-14-27(15-13-26)19-8-5-4-6-9-19/h4-6,8-9,16-17H,3,7,10-15H2,1-2H3,(H,25,28). The van der Waals surface area contributed by atoms with Gasteiger partial charge in [0, 0.05) is 44.0 Å². The van der Waals surface area contributed by atoms with Crippen LogP contribution in [0.15, 0.2) is 46.9 Å². The number of nitrogens with zero attached hydrogens (tertiary/aromatic N) is 2. The summed E-state index contributed by atoms with van der Waals surface area (Å²) in [5.74, 6) is 1.06. The Kier molecular flexibility index (Phi) is 8.39. The first-order valence-electron chi connectivity index (χ1n) is 10.4. The van der Waals surface area contributed by atoms with Crippen LogP contribution in [-0.2, 0) is 0 Å². The molecule has 6 nitrogen and oxygen atoms in total. The number of carbonyl (C=O) groups excluding carboxylic acids is 1. The molecule has 2 aromatic carbocycles. The Morgan fingerprint density at radius 2 is 1.87 bits per heavy atom. The Bertz CT molecular complexity index is 824. The van der Waals surface area contributed by atoms with E-state index in [2.05, 4.69) is 61.4 Å². The summed E-state index contributed by atoms with van der Waals surface area (Å²) in [5.41, 5.74) is 1.85. The van der Waals surface area contributed by atoms with Gasteiger partial charge in [-0.25, -0.2) is 0 Å². The predicted octanol–water partition coefficient (Wildman–Crippen LogP) is 3.80. The molecule has 1 N–H and O–H groups in total. The average Bonchev–Trinajstić information content (AvgIpc) is 2.78. The van der Waals surface area contributed by atoms with Gasteiger partial charge in [-0.3, -0.25) is 9.69 Å². The molecule has 30 heavy (non-hydrogen) atoms. The summed E-state index contributed by atoms with van der Waals surface area (Å²) in [6, 6.07) is 14.0. The monoisotopic (exact) mass is 475 g/mol. The number of benzene rings is 2. The maximum atomic E-state index is 12.5. The second kappa shape index (κ2) is 11.2. The van der Waals surface area contributed by atoms with Gasteiger partial charge in [-0.05, 0) is 60.1 Å². The highest BCUT2D eigenvalue weighted by atomic mass is 79.9. The van der Waals surface area contributed by atoms with Gasteiger partial charge in [0.15, 0.2) is 11.5 Å². The molecule has 0 atom stereocenters. The number of ether oxygens (including phenoxy) is 2. The number of rotatable bonds is 9. The van der Waals surface area contributed by atoms with Crippen LogP contribution in [0.5, 0.6) is 11.5 Å². The molecule has 1 aliphatic heterocycles. The van der Waals surface area contributed by atoms with Crippen LogP contribution < -0.4 is 19.7 Å². The maximum absolute atomic E-state index is 12.5. The number of carbonyl (C=O) groups is 1. The quantitative estimate of drug-likeness (QED) is 0.559. The number of para-hydroxylation sites is 1. The molecule has 7 heteroatoms. The van der Waals surface area contributed by atoms with E-state index < -0.39 is 0 Å². The SMILES string of the molecule is CCOc1c(Br)cc(C(=O)NCCCN2CCN(c3ccccc3)CC2)cc1OC. The Morgan fingerprint density at radius 1 is 1.13 bits per heavy atom. The summed E-state index contributed by atoms with van der Waals surface area (Å²) < 4.78 is 11.7. The molecule has 1 heterocycles. The van der Waals surface area contributed by atoms with Gasteiger partial charge in [0.2, 0.25) is 0 Å². The van der Waals surface area contributed by atoms with Gasteiger partial charge in [0.05, 0.1) is 18.2 Å². The van der Waals surface area contributed by atoms with Crippen molar-refractivity contribution in [2.24, 2.45) is 0 Å². The van der Waals surface area contributed by atoms with Crippen LogP contribution in [0.4, 0.5) is 5.69 Å². The van der Waals surface area contributed by atoms with Gasteiger partial charge >= 0.3 is 0 Å². The van der Waals surface area contributed by atoms with Crippen LogP contribution in [0, 0.1) is 0 Å². The Hall–Kier alpha value is -2.25. The number of methoxy groups -OCH3 is 1. The molecule has 2 aromatic rings. The van der Waals surface area contributed by atoms with Crippen LogP contribution in [0.1, 0.15) is 23.7 Å². The normalized spacial score (nSPS) is 14.4. The molecule has 1 saturated heterocycles. The van der Waals surface area contributed by atoms with E-state index in [4.69, 9.17) is 9.47 Å². The van der Waals surface area contributed by atoms with Gasteiger partial charge in [0.25, 0.3) is 5.91 Å². The molecule has 0 spiro atoms. The third kappa shape index (κ3) is 5.89. The number of hydrogen-bond donors (Lipinski definition) is 1. The van der Waals surface area contributed by atoms with Crippen molar-refractivity contribution in [3.63, 3.8) is 0 Å². The molecule has 3 rings (SSSR count). The van der Waals surface area contributed by atoms with Gasteiger partial charge < -0.3 is 19.7 Å². The lowest BCUT2D eigenvalue weighted by molar-refractivity contribution is 0.0951. The molecule has 0 saturated carbocycles. The molecule has 0 aliphatic carbocycles. The van der Waals surface area contributed by atoms with Crippen LogP contribution in [0.2, 0.25) is 0 Å². The lowest BCUT2D eigenvalue weighted by Crippen LogP contribution is -2.47. The van der Waals surface area contributed by atoms with Crippen molar-refractivity contribution in [1.82, 2.24) is 10.2 Å². The highest BCUT2D eigenvalue weighted by Crippen LogP contribution is 2.36. The fraction of sp³-hybridized carbons (Fsp3) is 0.435. The van der Waals surface area contributed by atoms with Crippen molar-refractivity contribution >= 4 is 27.5 Å². The summed E-state index contributed by atoms with van der Waals surface area (Å²) in [7, 11) is 1.57. The first-order valence-corrected chi connectivity index (χ1v) is 11.2.